The van der Waals surface area contributed by atoms with Gasteiger partial charge < -0.3 is 5.32 Å². The maximum Gasteiger partial charge on any atom is 0.126 e. The Morgan fingerprint density at radius 3 is 2.75 bits per heavy atom. The molecule has 2 heterocycles. The van der Waals surface area contributed by atoms with E-state index in [1.54, 1.807) is 0 Å². The fourth-order valence-electron chi connectivity index (χ4n) is 2.46. The zero-order valence-electron chi connectivity index (χ0n) is 9.82. The minimum absolute atomic E-state index is 0.586. The average Bonchev–Trinajstić information content (AvgIpc) is 3.00. The zero-order valence-corrected chi connectivity index (χ0v) is 9.82. The van der Waals surface area contributed by atoms with Crippen LogP contribution in [0.2, 0.25) is 0 Å². The van der Waals surface area contributed by atoms with Crippen molar-refractivity contribution in [1.82, 2.24) is 9.88 Å². The third-order valence-corrected chi connectivity index (χ3v) is 3.62. The maximum atomic E-state index is 4.50. The van der Waals surface area contributed by atoms with Gasteiger partial charge in [0.2, 0.25) is 0 Å². The van der Waals surface area contributed by atoms with Gasteiger partial charge in [-0.1, -0.05) is 6.07 Å². The number of nitrogens with one attached hydrogen (secondary N) is 1. The molecule has 3 heteroatoms. The number of hydrogen-bond acceptors (Lipinski definition) is 3. The molecule has 1 N–H and O–H groups in total. The summed E-state index contributed by atoms with van der Waals surface area (Å²) in [5.41, 5.74) is 1.36. The lowest BCUT2D eigenvalue weighted by molar-refractivity contribution is 0.317. The van der Waals surface area contributed by atoms with Crippen LogP contribution in [0.4, 0.5) is 5.82 Å². The van der Waals surface area contributed by atoms with Crippen molar-refractivity contribution in [1.29, 1.82) is 0 Å². The van der Waals surface area contributed by atoms with Crippen LogP contribution < -0.4 is 5.32 Å². The predicted molar refractivity (Wildman–Crippen MR) is 65.5 cm³/mol. The van der Waals surface area contributed by atoms with Crippen molar-refractivity contribution in [2.75, 3.05) is 18.9 Å². The highest BCUT2D eigenvalue weighted by molar-refractivity contribution is 5.38. The second kappa shape index (κ2) is 4.06. The van der Waals surface area contributed by atoms with E-state index >= 15 is 0 Å². The van der Waals surface area contributed by atoms with E-state index < -0.39 is 0 Å². The van der Waals surface area contributed by atoms with E-state index in [1.165, 1.54) is 37.8 Å². The fraction of sp³-hybridized carbons (Fsp3) is 0.615. The van der Waals surface area contributed by atoms with Gasteiger partial charge in [-0.05, 0) is 50.9 Å². The second-order valence-electron chi connectivity index (χ2n) is 5.03. The van der Waals surface area contributed by atoms with E-state index in [1.807, 2.05) is 6.20 Å². The van der Waals surface area contributed by atoms with Gasteiger partial charge in [0.05, 0.1) is 0 Å². The second-order valence-corrected chi connectivity index (χ2v) is 5.03. The molecular weight excluding hydrogens is 198 g/mol. The molecule has 1 saturated heterocycles. The van der Waals surface area contributed by atoms with Crippen molar-refractivity contribution >= 4 is 5.82 Å². The molecule has 1 aromatic rings. The Morgan fingerprint density at radius 1 is 1.31 bits per heavy atom. The Labute approximate surface area is 96.9 Å². The first-order valence-corrected chi connectivity index (χ1v) is 6.25. The molecule has 2 aliphatic rings. The summed E-state index contributed by atoms with van der Waals surface area (Å²) in [5.74, 6) is 1.03. The molecule has 1 aliphatic carbocycles. The highest BCUT2D eigenvalue weighted by Gasteiger charge is 2.23. The van der Waals surface area contributed by atoms with Gasteiger partial charge in [-0.25, -0.2) is 4.98 Å². The zero-order chi connectivity index (χ0) is 11.0. The Balaban J connectivity index is 1.70. The van der Waals surface area contributed by atoms with Crippen LogP contribution in [0.5, 0.6) is 0 Å². The average molecular weight is 217 g/mol. The van der Waals surface area contributed by atoms with Crippen LogP contribution in [0.3, 0.4) is 0 Å². The molecule has 0 spiro atoms. The minimum Gasteiger partial charge on any atom is -0.367 e. The molecular formula is C13H19N3. The number of hydrogen-bond donors (Lipinski definition) is 1. The normalized spacial score (nSPS) is 25.9. The van der Waals surface area contributed by atoms with Crippen molar-refractivity contribution in [2.45, 2.75) is 37.8 Å². The van der Waals surface area contributed by atoms with Gasteiger partial charge in [0.15, 0.2) is 0 Å². The Kier molecular flexibility index (Phi) is 2.56. The summed E-state index contributed by atoms with van der Waals surface area (Å²) in [6.07, 6.45) is 7.22. The summed E-state index contributed by atoms with van der Waals surface area (Å²) in [6.45, 7) is 1.22. The van der Waals surface area contributed by atoms with E-state index in [0.29, 0.717) is 12.1 Å². The van der Waals surface area contributed by atoms with Gasteiger partial charge in [-0.3, -0.25) is 4.90 Å². The number of rotatable bonds is 3. The molecule has 1 aromatic heterocycles. The predicted octanol–water partition coefficient (Wildman–Crippen LogP) is 2.42. The highest BCUT2D eigenvalue weighted by atomic mass is 15.1. The van der Waals surface area contributed by atoms with E-state index in [2.05, 4.69) is 34.4 Å². The standard InChI is InChI=1S/C13H19N3/c1-16-8-2-3-12(16)10-4-7-13(14-9-10)15-11-5-6-11/h4,7,9,11-12H,2-3,5-6,8H2,1H3,(H,14,15)/t12-/m0/s1. The first-order chi connectivity index (χ1) is 7.83. The molecule has 2 fully saturated rings. The minimum atomic E-state index is 0.586. The first-order valence-electron chi connectivity index (χ1n) is 6.25. The number of nitrogens with zero attached hydrogens (tertiary/aromatic N) is 2. The van der Waals surface area contributed by atoms with Crippen LogP contribution in [0.1, 0.15) is 37.3 Å². The molecule has 3 rings (SSSR count). The molecule has 0 bridgehead atoms. The maximum absolute atomic E-state index is 4.50. The van der Waals surface area contributed by atoms with Crippen LogP contribution in [0.25, 0.3) is 0 Å². The van der Waals surface area contributed by atoms with Crippen LogP contribution >= 0.6 is 0 Å². The van der Waals surface area contributed by atoms with E-state index in [0.717, 1.165) is 5.82 Å². The fourth-order valence-corrected chi connectivity index (χ4v) is 2.46. The largest absolute Gasteiger partial charge is 0.367 e. The van der Waals surface area contributed by atoms with Gasteiger partial charge in [0, 0.05) is 18.3 Å². The Hall–Kier alpha value is -1.09. The summed E-state index contributed by atoms with van der Waals surface area (Å²) < 4.78 is 0. The monoisotopic (exact) mass is 217 g/mol. The molecule has 0 amide bonds. The quantitative estimate of drug-likeness (QED) is 0.842. The lowest BCUT2D eigenvalue weighted by Crippen LogP contribution is -2.17. The van der Waals surface area contributed by atoms with Crippen molar-refractivity contribution < 1.29 is 0 Å². The third-order valence-electron chi connectivity index (χ3n) is 3.62. The van der Waals surface area contributed by atoms with Crippen LogP contribution in [-0.4, -0.2) is 29.5 Å². The number of pyridine rings is 1. The van der Waals surface area contributed by atoms with E-state index in [-0.39, 0.29) is 0 Å². The van der Waals surface area contributed by atoms with Crippen molar-refractivity contribution in [3.05, 3.63) is 23.9 Å². The number of anilines is 1. The van der Waals surface area contributed by atoms with Crippen molar-refractivity contribution in [2.24, 2.45) is 0 Å². The van der Waals surface area contributed by atoms with E-state index in [4.69, 9.17) is 0 Å². The molecule has 1 atom stereocenters. The van der Waals surface area contributed by atoms with Gasteiger partial charge in [-0.2, -0.15) is 0 Å². The van der Waals surface area contributed by atoms with Crippen molar-refractivity contribution in [3.8, 4) is 0 Å². The molecule has 3 nitrogen and oxygen atoms in total. The molecule has 1 saturated carbocycles. The first kappa shape index (κ1) is 10.1. The van der Waals surface area contributed by atoms with Crippen molar-refractivity contribution in [3.63, 3.8) is 0 Å². The van der Waals surface area contributed by atoms with Gasteiger partial charge in [-0.15, -0.1) is 0 Å². The van der Waals surface area contributed by atoms with Crippen LogP contribution in [0, 0.1) is 0 Å². The van der Waals surface area contributed by atoms with Gasteiger partial charge in [0.25, 0.3) is 0 Å². The number of likely N-dealkylation sites (tertiary alicyclic amines) is 1. The lowest BCUT2D eigenvalue weighted by Gasteiger charge is -2.19. The van der Waals surface area contributed by atoms with Gasteiger partial charge in [0.1, 0.15) is 5.82 Å². The lowest BCUT2D eigenvalue weighted by atomic mass is 10.1. The summed E-state index contributed by atoms with van der Waals surface area (Å²) in [7, 11) is 2.20. The van der Waals surface area contributed by atoms with Crippen LogP contribution in [-0.2, 0) is 0 Å². The third kappa shape index (κ3) is 2.05. The Bertz CT molecular complexity index is 356. The highest BCUT2D eigenvalue weighted by Crippen LogP contribution is 2.30. The van der Waals surface area contributed by atoms with E-state index in [9.17, 15) is 0 Å². The SMILES string of the molecule is CN1CCC[C@H]1c1ccc(NC2CC2)nc1. The summed E-state index contributed by atoms with van der Waals surface area (Å²) in [5, 5.41) is 3.42. The smallest absolute Gasteiger partial charge is 0.126 e. The molecule has 0 radical (unpaired) electrons. The molecule has 16 heavy (non-hydrogen) atoms. The number of aromatic nitrogens is 1. The van der Waals surface area contributed by atoms with Gasteiger partial charge >= 0.3 is 0 Å². The summed E-state index contributed by atoms with van der Waals surface area (Å²) in [4.78, 5) is 6.92. The molecule has 0 unspecified atom stereocenters. The Morgan fingerprint density at radius 2 is 2.19 bits per heavy atom. The molecule has 86 valence electrons. The molecule has 1 aliphatic heterocycles. The summed E-state index contributed by atoms with van der Waals surface area (Å²) >= 11 is 0. The van der Waals surface area contributed by atoms with Crippen LogP contribution in [0.15, 0.2) is 18.3 Å². The summed E-state index contributed by atoms with van der Waals surface area (Å²) in [6, 6.07) is 5.62. The molecule has 0 aromatic carbocycles. The topological polar surface area (TPSA) is 28.2 Å².